The van der Waals surface area contributed by atoms with Crippen LogP contribution in [0.4, 0.5) is 11.4 Å². The predicted octanol–water partition coefficient (Wildman–Crippen LogP) is 3.23. The molecule has 0 aliphatic heterocycles. The van der Waals surface area contributed by atoms with Crippen LogP contribution in [0.5, 0.6) is 0 Å². The SMILES string of the molecule is O=[N+]([O-])c1ccc(N/N=C/c2ccnn2-c2ccccc2)cc1. The molecule has 114 valence electrons. The molecule has 0 fully saturated rings. The van der Waals surface area contributed by atoms with Gasteiger partial charge in [0.2, 0.25) is 0 Å². The van der Waals surface area contributed by atoms with Gasteiger partial charge in [0.1, 0.15) is 0 Å². The Morgan fingerprint density at radius 3 is 2.52 bits per heavy atom. The van der Waals surface area contributed by atoms with Crippen molar-refractivity contribution >= 4 is 17.6 Å². The predicted molar refractivity (Wildman–Crippen MR) is 87.9 cm³/mol. The summed E-state index contributed by atoms with van der Waals surface area (Å²) in [6, 6.07) is 17.6. The van der Waals surface area contributed by atoms with Crippen molar-refractivity contribution in [2.45, 2.75) is 0 Å². The summed E-state index contributed by atoms with van der Waals surface area (Å²) < 4.78 is 1.76. The molecule has 0 radical (unpaired) electrons. The second-order valence-electron chi connectivity index (χ2n) is 4.68. The van der Waals surface area contributed by atoms with Crippen LogP contribution in [0.1, 0.15) is 5.69 Å². The van der Waals surface area contributed by atoms with Gasteiger partial charge in [-0.3, -0.25) is 15.5 Å². The van der Waals surface area contributed by atoms with Crippen LogP contribution in [0.3, 0.4) is 0 Å². The van der Waals surface area contributed by atoms with E-state index in [1.165, 1.54) is 12.1 Å². The van der Waals surface area contributed by atoms with E-state index >= 15 is 0 Å². The van der Waals surface area contributed by atoms with Gasteiger partial charge in [0.25, 0.3) is 5.69 Å². The summed E-state index contributed by atoms with van der Waals surface area (Å²) >= 11 is 0. The largest absolute Gasteiger partial charge is 0.278 e. The van der Waals surface area contributed by atoms with E-state index in [1.807, 2.05) is 36.4 Å². The molecule has 3 aromatic rings. The van der Waals surface area contributed by atoms with Gasteiger partial charge in [-0.05, 0) is 30.3 Å². The lowest BCUT2D eigenvalue weighted by molar-refractivity contribution is -0.384. The highest BCUT2D eigenvalue weighted by atomic mass is 16.6. The number of nitro groups is 1. The van der Waals surface area contributed by atoms with Crippen LogP contribution in [0, 0.1) is 10.1 Å². The molecular formula is C16H13N5O2. The lowest BCUT2D eigenvalue weighted by Gasteiger charge is -2.04. The third-order valence-corrected chi connectivity index (χ3v) is 3.14. The van der Waals surface area contributed by atoms with Gasteiger partial charge in [-0.2, -0.15) is 10.2 Å². The maximum Gasteiger partial charge on any atom is 0.269 e. The first-order chi connectivity index (χ1) is 11.2. The van der Waals surface area contributed by atoms with Crippen LogP contribution in [-0.2, 0) is 0 Å². The average Bonchev–Trinajstić information content (AvgIpc) is 3.05. The topological polar surface area (TPSA) is 85.3 Å². The first kappa shape index (κ1) is 14.5. The highest BCUT2D eigenvalue weighted by Crippen LogP contribution is 2.15. The number of benzene rings is 2. The number of anilines is 1. The Morgan fingerprint density at radius 1 is 1.09 bits per heavy atom. The Hall–Kier alpha value is -3.48. The van der Waals surface area contributed by atoms with Crippen LogP contribution in [-0.4, -0.2) is 20.9 Å². The maximum atomic E-state index is 10.6. The van der Waals surface area contributed by atoms with Crippen molar-refractivity contribution < 1.29 is 4.92 Å². The van der Waals surface area contributed by atoms with Crippen LogP contribution in [0.15, 0.2) is 72.0 Å². The van der Waals surface area contributed by atoms with Crippen LogP contribution < -0.4 is 5.43 Å². The summed E-state index contributed by atoms with van der Waals surface area (Å²) in [5.41, 5.74) is 5.29. The second kappa shape index (κ2) is 6.52. The Balaban J connectivity index is 1.72. The van der Waals surface area contributed by atoms with Crippen LogP contribution in [0.2, 0.25) is 0 Å². The van der Waals surface area contributed by atoms with Crippen molar-refractivity contribution in [1.82, 2.24) is 9.78 Å². The molecule has 0 saturated heterocycles. The Morgan fingerprint density at radius 2 is 1.83 bits per heavy atom. The van der Waals surface area contributed by atoms with Gasteiger partial charge in [-0.25, -0.2) is 4.68 Å². The molecule has 0 aliphatic rings. The monoisotopic (exact) mass is 307 g/mol. The zero-order chi connectivity index (χ0) is 16.1. The van der Waals surface area contributed by atoms with Crippen molar-refractivity contribution in [3.05, 3.63) is 82.7 Å². The number of hydrogen-bond donors (Lipinski definition) is 1. The van der Waals surface area contributed by atoms with Gasteiger partial charge in [0, 0.05) is 12.1 Å². The van der Waals surface area contributed by atoms with Gasteiger partial charge >= 0.3 is 0 Å². The Kier molecular flexibility index (Phi) is 4.10. The molecule has 1 heterocycles. The van der Waals surface area contributed by atoms with E-state index in [1.54, 1.807) is 29.2 Å². The molecule has 0 aliphatic carbocycles. The fraction of sp³-hybridized carbons (Fsp3) is 0. The number of hydrogen-bond acceptors (Lipinski definition) is 5. The molecule has 0 unspecified atom stereocenters. The summed E-state index contributed by atoms with van der Waals surface area (Å²) in [7, 11) is 0. The van der Waals surface area contributed by atoms with Gasteiger partial charge in [0.15, 0.2) is 0 Å². The number of nitrogens with zero attached hydrogens (tertiary/aromatic N) is 4. The van der Waals surface area contributed by atoms with Crippen molar-refractivity contribution in [2.75, 3.05) is 5.43 Å². The highest BCUT2D eigenvalue weighted by Gasteiger charge is 2.04. The molecule has 1 aromatic heterocycles. The van der Waals surface area contributed by atoms with Crippen LogP contribution >= 0.6 is 0 Å². The Bertz CT molecular complexity index is 825. The molecular weight excluding hydrogens is 294 g/mol. The summed E-state index contributed by atoms with van der Waals surface area (Å²) in [6.07, 6.45) is 3.33. The van der Waals surface area contributed by atoms with Crippen molar-refractivity contribution in [3.8, 4) is 5.69 Å². The number of nitrogens with one attached hydrogen (secondary N) is 1. The van der Waals surface area contributed by atoms with E-state index < -0.39 is 4.92 Å². The van der Waals surface area contributed by atoms with Gasteiger partial charge in [-0.15, -0.1) is 0 Å². The first-order valence-corrected chi connectivity index (χ1v) is 6.87. The van der Waals surface area contributed by atoms with E-state index in [-0.39, 0.29) is 5.69 Å². The molecule has 7 nitrogen and oxygen atoms in total. The highest BCUT2D eigenvalue weighted by molar-refractivity contribution is 5.78. The van der Waals surface area contributed by atoms with E-state index in [0.29, 0.717) is 5.69 Å². The molecule has 2 aromatic carbocycles. The minimum atomic E-state index is -0.439. The molecule has 3 rings (SSSR count). The average molecular weight is 307 g/mol. The molecule has 0 saturated carbocycles. The van der Waals surface area contributed by atoms with E-state index in [0.717, 1.165) is 11.4 Å². The first-order valence-electron chi connectivity index (χ1n) is 6.87. The second-order valence-corrected chi connectivity index (χ2v) is 4.68. The molecule has 0 atom stereocenters. The summed E-state index contributed by atoms with van der Waals surface area (Å²) in [4.78, 5) is 10.2. The van der Waals surface area contributed by atoms with Crippen molar-refractivity contribution in [2.24, 2.45) is 5.10 Å². The summed E-state index contributed by atoms with van der Waals surface area (Å²) in [5, 5.41) is 19.0. The molecule has 0 spiro atoms. The number of aromatic nitrogens is 2. The van der Waals surface area contributed by atoms with Gasteiger partial charge in [0.05, 0.1) is 34.4 Å². The Labute approximate surface area is 132 Å². The lowest BCUT2D eigenvalue weighted by atomic mass is 10.3. The molecule has 7 heteroatoms. The number of para-hydroxylation sites is 1. The molecule has 1 N–H and O–H groups in total. The molecule has 0 bridgehead atoms. The van der Waals surface area contributed by atoms with Crippen molar-refractivity contribution in [3.63, 3.8) is 0 Å². The number of non-ortho nitro benzene ring substituents is 1. The summed E-state index contributed by atoms with van der Waals surface area (Å²) in [6.45, 7) is 0. The van der Waals surface area contributed by atoms with E-state index in [4.69, 9.17) is 0 Å². The van der Waals surface area contributed by atoms with Gasteiger partial charge < -0.3 is 0 Å². The molecule has 0 amide bonds. The third kappa shape index (κ3) is 3.41. The zero-order valence-electron chi connectivity index (χ0n) is 12.0. The minimum absolute atomic E-state index is 0.0432. The standard InChI is InChI=1S/C16H13N5O2/c22-21(23)15-8-6-13(7-9-15)19-17-12-16-10-11-18-20(16)14-4-2-1-3-5-14/h1-12,19H/b17-12+. The van der Waals surface area contributed by atoms with Gasteiger partial charge in [-0.1, -0.05) is 18.2 Å². The molecule has 23 heavy (non-hydrogen) atoms. The number of rotatable bonds is 5. The smallest absolute Gasteiger partial charge is 0.269 e. The van der Waals surface area contributed by atoms with E-state index in [2.05, 4.69) is 15.6 Å². The minimum Gasteiger partial charge on any atom is -0.278 e. The number of nitro benzene ring substituents is 1. The zero-order valence-corrected chi connectivity index (χ0v) is 12.0. The van der Waals surface area contributed by atoms with Crippen molar-refractivity contribution in [1.29, 1.82) is 0 Å². The van der Waals surface area contributed by atoms with E-state index in [9.17, 15) is 10.1 Å². The third-order valence-electron chi connectivity index (χ3n) is 3.14. The maximum absolute atomic E-state index is 10.6. The summed E-state index contributed by atoms with van der Waals surface area (Å²) in [5.74, 6) is 0. The fourth-order valence-electron chi connectivity index (χ4n) is 2.03. The fourth-order valence-corrected chi connectivity index (χ4v) is 2.03. The number of hydrazone groups is 1. The lowest BCUT2D eigenvalue weighted by Crippen LogP contribution is -2.02. The quantitative estimate of drug-likeness (QED) is 0.445. The van der Waals surface area contributed by atoms with Crippen LogP contribution in [0.25, 0.3) is 5.69 Å². The normalized spacial score (nSPS) is 10.8.